The lowest BCUT2D eigenvalue weighted by Crippen LogP contribution is -2.59. The van der Waals surface area contributed by atoms with Crippen LogP contribution in [-0.4, -0.2) is 45.1 Å². The van der Waals surface area contributed by atoms with Gasteiger partial charge in [-0.15, -0.1) is 0 Å². The molecule has 3 fully saturated rings. The summed E-state index contributed by atoms with van der Waals surface area (Å²) >= 11 is 0. The Bertz CT molecular complexity index is 930. The van der Waals surface area contributed by atoms with Crippen LogP contribution in [0, 0.1) is 34.5 Å². The Morgan fingerprint density at radius 2 is 1.86 bits per heavy atom. The minimum Gasteiger partial charge on any atom is -0.462 e. The Labute approximate surface area is 209 Å². The molecular weight excluding hydrogens is 444 g/mol. The van der Waals surface area contributed by atoms with Gasteiger partial charge in [0.1, 0.15) is 11.9 Å². The standard InChI is InChI=1S/C29H44O6/c1-17(25(35-18(2)30)10-11-26(3,4)33)20-9-14-29(34)22-16-24(32)23-15-19(31)7-12-27(23,5)21(22)8-13-28(20,29)6/h16-17,20-21,23,25,33-34H,7-15H2,1-6H3/t17-,20?,21?,23-,25+,27+,28+,29+/m0/s1. The zero-order chi connectivity index (χ0) is 26.0. The average Bonchev–Trinajstić information content (AvgIpc) is 3.03. The molecule has 0 radical (unpaired) electrons. The van der Waals surface area contributed by atoms with Gasteiger partial charge in [-0.05, 0) is 93.6 Å². The molecule has 0 amide bonds. The van der Waals surface area contributed by atoms with Crippen molar-refractivity contribution in [2.45, 2.75) is 117 Å². The van der Waals surface area contributed by atoms with Crippen molar-refractivity contribution in [2.24, 2.45) is 34.5 Å². The van der Waals surface area contributed by atoms with Crippen molar-refractivity contribution in [1.29, 1.82) is 0 Å². The highest BCUT2D eigenvalue weighted by Gasteiger charge is 2.66. The van der Waals surface area contributed by atoms with Gasteiger partial charge in [0, 0.05) is 31.1 Å². The van der Waals surface area contributed by atoms with Gasteiger partial charge in [0.25, 0.3) is 0 Å². The summed E-state index contributed by atoms with van der Waals surface area (Å²) in [6.07, 6.45) is 7.12. The fourth-order valence-electron chi connectivity index (χ4n) is 8.42. The van der Waals surface area contributed by atoms with E-state index in [1.807, 2.05) is 0 Å². The second-order valence-corrected chi connectivity index (χ2v) is 13.2. The van der Waals surface area contributed by atoms with Crippen LogP contribution >= 0.6 is 0 Å². The summed E-state index contributed by atoms with van der Waals surface area (Å²) in [5.74, 6) is -0.174. The Morgan fingerprint density at radius 3 is 2.49 bits per heavy atom. The third-order valence-electron chi connectivity index (χ3n) is 10.6. The topological polar surface area (TPSA) is 101 Å². The molecule has 0 aliphatic heterocycles. The van der Waals surface area contributed by atoms with E-state index in [0.717, 1.165) is 24.8 Å². The van der Waals surface area contributed by atoms with E-state index in [1.165, 1.54) is 6.92 Å². The summed E-state index contributed by atoms with van der Waals surface area (Å²) in [7, 11) is 0. The van der Waals surface area contributed by atoms with Gasteiger partial charge in [0.05, 0.1) is 11.2 Å². The van der Waals surface area contributed by atoms with Crippen LogP contribution in [0.1, 0.15) is 99.3 Å². The highest BCUT2D eigenvalue weighted by molar-refractivity contribution is 5.98. The lowest BCUT2D eigenvalue weighted by molar-refractivity contribution is -0.156. The Morgan fingerprint density at radius 1 is 1.17 bits per heavy atom. The minimum absolute atomic E-state index is 0.00365. The van der Waals surface area contributed by atoms with Crippen LogP contribution in [0.15, 0.2) is 11.6 Å². The highest BCUT2D eigenvalue weighted by atomic mass is 16.5. The van der Waals surface area contributed by atoms with Crippen molar-refractivity contribution in [1.82, 2.24) is 0 Å². The second kappa shape index (κ2) is 8.79. The number of Topliss-reactive ketones (excluding diaryl/α,β-unsaturated/α-hetero) is 1. The van der Waals surface area contributed by atoms with Gasteiger partial charge in [0.2, 0.25) is 0 Å². The van der Waals surface area contributed by atoms with Gasteiger partial charge in [-0.25, -0.2) is 0 Å². The maximum Gasteiger partial charge on any atom is 0.302 e. The first kappa shape index (κ1) is 26.5. The molecule has 4 aliphatic rings. The molecule has 4 aliphatic carbocycles. The van der Waals surface area contributed by atoms with Crippen molar-refractivity contribution >= 4 is 17.5 Å². The second-order valence-electron chi connectivity index (χ2n) is 13.2. The number of esters is 1. The minimum atomic E-state index is -1.07. The van der Waals surface area contributed by atoms with E-state index in [-0.39, 0.29) is 52.7 Å². The molecule has 6 nitrogen and oxygen atoms in total. The quantitative estimate of drug-likeness (QED) is 0.532. The fourth-order valence-corrected chi connectivity index (χ4v) is 8.42. The summed E-state index contributed by atoms with van der Waals surface area (Å²) in [4.78, 5) is 37.4. The number of aliphatic hydroxyl groups is 2. The molecule has 3 saturated carbocycles. The number of carbonyl (C=O) groups excluding carboxylic acids is 3. The molecule has 0 aromatic carbocycles. The molecule has 0 heterocycles. The first-order valence-electron chi connectivity index (χ1n) is 13.5. The van der Waals surface area contributed by atoms with Crippen molar-refractivity contribution in [3.8, 4) is 0 Å². The molecule has 0 bridgehead atoms. The highest BCUT2D eigenvalue weighted by Crippen LogP contribution is 2.68. The normalized spacial score (nSPS) is 40.8. The van der Waals surface area contributed by atoms with Gasteiger partial charge in [0.15, 0.2) is 5.78 Å². The summed E-state index contributed by atoms with van der Waals surface area (Å²) in [6.45, 7) is 11.4. The summed E-state index contributed by atoms with van der Waals surface area (Å²) in [5, 5.41) is 22.6. The molecule has 0 aromatic rings. The average molecular weight is 489 g/mol. The van der Waals surface area contributed by atoms with Crippen LogP contribution in [-0.2, 0) is 19.1 Å². The summed E-state index contributed by atoms with van der Waals surface area (Å²) in [6, 6.07) is 0. The van der Waals surface area contributed by atoms with E-state index < -0.39 is 16.6 Å². The van der Waals surface area contributed by atoms with Crippen LogP contribution in [0.2, 0.25) is 0 Å². The Kier molecular flexibility index (Phi) is 6.67. The molecule has 0 aromatic heterocycles. The van der Waals surface area contributed by atoms with Gasteiger partial charge < -0.3 is 14.9 Å². The number of hydrogen-bond acceptors (Lipinski definition) is 6. The predicted molar refractivity (Wildman–Crippen MR) is 132 cm³/mol. The maximum absolute atomic E-state index is 13.3. The maximum atomic E-state index is 13.3. The molecule has 0 spiro atoms. The monoisotopic (exact) mass is 488 g/mol. The van der Waals surface area contributed by atoms with E-state index in [9.17, 15) is 24.6 Å². The zero-order valence-corrected chi connectivity index (χ0v) is 22.4. The van der Waals surface area contributed by atoms with E-state index >= 15 is 0 Å². The van der Waals surface area contributed by atoms with E-state index in [1.54, 1.807) is 19.9 Å². The smallest absolute Gasteiger partial charge is 0.302 e. The van der Waals surface area contributed by atoms with Gasteiger partial charge in [-0.3, -0.25) is 14.4 Å². The summed E-state index contributed by atoms with van der Waals surface area (Å²) in [5.41, 5.74) is -1.74. The number of hydrogen-bond donors (Lipinski definition) is 2. The van der Waals surface area contributed by atoms with Gasteiger partial charge in [-0.2, -0.15) is 0 Å². The van der Waals surface area contributed by atoms with Crippen LogP contribution in [0.5, 0.6) is 0 Å². The molecule has 35 heavy (non-hydrogen) atoms. The molecule has 8 atom stereocenters. The SMILES string of the molecule is CC(=O)O[C@H](CCC(C)(C)O)[C@@H](C)C1CC[C@@]2(O)C3=CC(=O)[C@@H]4CC(=O)CC[C@]4(C)C3CC[C@]12C. The predicted octanol–water partition coefficient (Wildman–Crippen LogP) is 4.55. The van der Waals surface area contributed by atoms with Crippen molar-refractivity contribution in [3.05, 3.63) is 11.6 Å². The number of ether oxygens (including phenoxy) is 1. The molecular formula is C29H44O6. The lowest BCUT2D eigenvalue weighted by atomic mass is 9.46. The van der Waals surface area contributed by atoms with Crippen molar-refractivity contribution in [2.75, 3.05) is 0 Å². The third kappa shape index (κ3) is 4.33. The molecule has 2 N–H and O–H groups in total. The zero-order valence-electron chi connectivity index (χ0n) is 22.4. The van der Waals surface area contributed by atoms with Crippen molar-refractivity contribution in [3.63, 3.8) is 0 Å². The van der Waals surface area contributed by atoms with E-state index in [4.69, 9.17) is 4.74 Å². The first-order valence-corrected chi connectivity index (χ1v) is 13.5. The largest absolute Gasteiger partial charge is 0.462 e. The first-order chi connectivity index (χ1) is 16.1. The van der Waals surface area contributed by atoms with E-state index in [2.05, 4.69) is 20.8 Å². The number of ketones is 2. The van der Waals surface area contributed by atoms with Gasteiger partial charge in [-0.1, -0.05) is 20.8 Å². The Balaban J connectivity index is 1.64. The molecule has 2 unspecified atom stereocenters. The number of carbonyl (C=O) groups is 3. The van der Waals surface area contributed by atoms with Gasteiger partial charge >= 0.3 is 5.97 Å². The number of rotatable bonds is 6. The Hall–Kier alpha value is -1.53. The fraction of sp³-hybridized carbons (Fsp3) is 0.828. The van der Waals surface area contributed by atoms with Crippen molar-refractivity contribution < 1.29 is 29.3 Å². The van der Waals surface area contributed by atoms with Crippen LogP contribution in [0.3, 0.4) is 0 Å². The molecule has 0 saturated heterocycles. The molecule has 196 valence electrons. The molecule has 6 heteroatoms. The lowest BCUT2D eigenvalue weighted by Gasteiger charge is -2.59. The van der Waals surface area contributed by atoms with Crippen LogP contribution in [0.4, 0.5) is 0 Å². The van der Waals surface area contributed by atoms with Crippen LogP contribution in [0.25, 0.3) is 0 Å². The summed E-state index contributed by atoms with van der Waals surface area (Å²) < 4.78 is 5.77. The molecule has 4 rings (SSSR count). The number of allylic oxidation sites excluding steroid dienone is 1. The van der Waals surface area contributed by atoms with Crippen LogP contribution < -0.4 is 0 Å². The third-order valence-corrected chi connectivity index (χ3v) is 10.6. The van der Waals surface area contributed by atoms with E-state index in [0.29, 0.717) is 38.5 Å². The number of fused-ring (bicyclic) bond motifs is 5.